The third kappa shape index (κ3) is 4.69. The van der Waals surface area contributed by atoms with E-state index in [9.17, 15) is 4.39 Å². The van der Waals surface area contributed by atoms with Crippen LogP contribution in [0.1, 0.15) is 44.7 Å². The van der Waals surface area contributed by atoms with Gasteiger partial charge in [0.2, 0.25) is 5.82 Å². The monoisotopic (exact) mass is 470 g/mol. The van der Waals surface area contributed by atoms with Crippen molar-refractivity contribution in [2.75, 3.05) is 6.54 Å². The van der Waals surface area contributed by atoms with E-state index in [1.165, 1.54) is 12.1 Å². The van der Waals surface area contributed by atoms with Gasteiger partial charge in [0.05, 0.1) is 11.6 Å². The maximum absolute atomic E-state index is 13.6. The van der Waals surface area contributed by atoms with Gasteiger partial charge < -0.3 is 14.7 Å². The molecule has 0 amide bonds. The van der Waals surface area contributed by atoms with Crippen LogP contribution >= 0.6 is 23.8 Å². The Morgan fingerprint density at radius 2 is 1.97 bits per heavy atom. The van der Waals surface area contributed by atoms with Crippen molar-refractivity contribution in [3.05, 3.63) is 76.5 Å². The SMILES string of the molecule is CC1=C(c2nc(-c3cccc(Cl)c3)no2)C(c2ccc(F)cc2)NC(=S)N1CCC(C)C. The zero-order valence-electron chi connectivity index (χ0n) is 18.1. The molecule has 1 aliphatic rings. The number of hydrogen-bond donors (Lipinski definition) is 1. The molecule has 2 heterocycles. The summed E-state index contributed by atoms with van der Waals surface area (Å²) in [6.45, 7) is 7.13. The second kappa shape index (κ2) is 9.38. The van der Waals surface area contributed by atoms with Crippen LogP contribution in [0.25, 0.3) is 17.0 Å². The molecule has 1 atom stereocenters. The first-order chi connectivity index (χ1) is 15.3. The van der Waals surface area contributed by atoms with Crippen molar-refractivity contribution in [2.24, 2.45) is 5.92 Å². The molecule has 32 heavy (non-hydrogen) atoms. The van der Waals surface area contributed by atoms with Crippen molar-refractivity contribution in [1.29, 1.82) is 0 Å². The van der Waals surface area contributed by atoms with Gasteiger partial charge in [-0.2, -0.15) is 4.98 Å². The molecular formula is C24H24ClFN4OS. The van der Waals surface area contributed by atoms with Crippen molar-refractivity contribution < 1.29 is 8.91 Å². The van der Waals surface area contributed by atoms with Crippen molar-refractivity contribution in [3.63, 3.8) is 0 Å². The Bertz CT molecular complexity index is 1160. The Morgan fingerprint density at radius 3 is 2.66 bits per heavy atom. The molecule has 4 rings (SSSR count). The lowest BCUT2D eigenvalue weighted by Gasteiger charge is -2.37. The lowest BCUT2D eigenvalue weighted by atomic mass is 9.94. The van der Waals surface area contributed by atoms with Crippen LogP contribution in [0.5, 0.6) is 0 Å². The topological polar surface area (TPSA) is 54.2 Å². The largest absolute Gasteiger partial charge is 0.351 e. The fourth-order valence-electron chi connectivity index (χ4n) is 3.70. The standard InChI is InChI=1S/C24H24ClFN4OS/c1-14(2)11-12-30-15(3)20(21(27-24(30)32)16-7-9-19(26)10-8-16)23-28-22(29-31-23)17-5-4-6-18(25)13-17/h4-10,13-14,21H,11-12H2,1-3H3,(H,27,32). The molecule has 8 heteroatoms. The quantitative estimate of drug-likeness (QED) is 0.430. The Labute approximate surface area is 197 Å². The van der Waals surface area contributed by atoms with Gasteiger partial charge in [-0.15, -0.1) is 0 Å². The van der Waals surface area contributed by atoms with E-state index >= 15 is 0 Å². The summed E-state index contributed by atoms with van der Waals surface area (Å²) in [7, 11) is 0. The Kier molecular flexibility index (Phi) is 6.58. The third-order valence-electron chi connectivity index (χ3n) is 5.47. The number of rotatable bonds is 6. The third-order valence-corrected chi connectivity index (χ3v) is 6.04. The number of nitrogens with one attached hydrogen (secondary N) is 1. The first kappa shape index (κ1) is 22.4. The molecule has 0 saturated carbocycles. The number of benzene rings is 2. The normalized spacial score (nSPS) is 16.6. The van der Waals surface area contributed by atoms with E-state index in [0.29, 0.717) is 27.8 Å². The minimum absolute atomic E-state index is 0.297. The lowest BCUT2D eigenvalue weighted by molar-refractivity contribution is 0.390. The molecule has 166 valence electrons. The lowest BCUT2D eigenvalue weighted by Crippen LogP contribution is -2.46. The number of nitrogens with zero attached hydrogens (tertiary/aromatic N) is 3. The van der Waals surface area contributed by atoms with Crippen molar-refractivity contribution >= 4 is 34.5 Å². The predicted octanol–water partition coefficient (Wildman–Crippen LogP) is 6.24. The first-order valence-electron chi connectivity index (χ1n) is 10.5. The first-order valence-corrected chi connectivity index (χ1v) is 11.3. The molecule has 0 aliphatic carbocycles. The van der Waals surface area contributed by atoms with Crippen molar-refractivity contribution in [2.45, 2.75) is 33.2 Å². The van der Waals surface area contributed by atoms with Crippen molar-refractivity contribution in [3.8, 4) is 11.4 Å². The number of halogens is 2. The second-order valence-corrected chi connectivity index (χ2v) is 9.02. The highest BCUT2D eigenvalue weighted by molar-refractivity contribution is 7.80. The van der Waals surface area contributed by atoms with Gasteiger partial charge in [0.15, 0.2) is 5.11 Å². The molecular weight excluding hydrogens is 447 g/mol. The Balaban J connectivity index is 1.79. The highest BCUT2D eigenvalue weighted by Gasteiger charge is 2.34. The fraction of sp³-hybridized carbons (Fsp3) is 0.292. The van der Waals surface area contributed by atoms with Gasteiger partial charge in [-0.3, -0.25) is 0 Å². The predicted molar refractivity (Wildman–Crippen MR) is 128 cm³/mol. The van der Waals surface area contributed by atoms with E-state index in [2.05, 4.69) is 34.2 Å². The van der Waals surface area contributed by atoms with E-state index in [4.69, 9.17) is 28.3 Å². The van der Waals surface area contributed by atoms with Crippen LogP contribution in [0.3, 0.4) is 0 Å². The summed E-state index contributed by atoms with van der Waals surface area (Å²) in [5, 5.41) is 8.79. The number of allylic oxidation sites excluding steroid dienone is 1. The Hall–Kier alpha value is -2.77. The fourth-order valence-corrected chi connectivity index (χ4v) is 4.23. The number of hydrogen-bond acceptors (Lipinski definition) is 4. The van der Waals surface area contributed by atoms with Crippen LogP contribution in [0.2, 0.25) is 5.02 Å². The maximum atomic E-state index is 13.6. The van der Waals surface area contributed by atoms with Gasteiger partial charge in [0.1, 0.15) is 5.82 Å². The van der Waals surface area contributed by atoms with Crippen molar-refractivity contribution in [1.82, 2.24) is 20.4 Å². The minimum atomic E-state index is -0.342. The van der Waals surface area contributed by atoms with Crippen LogP contribution < -0.4 is 5.32 Å². The molecule has 0 spiro atoms. The smallest absolute Gasteiger partial charge is 0.258 e. The molecule has 3 aromatic rings. The summed E-state index contributed by atoms with van der Waals surface area (Å²) in [6, 6.07) is 13.3. The Morgan fingerprint density at radius 1 is 1.22 bits per heavy atom. The summed E-state index contributed by atoms with van der Waals surface area (Å²) in [5.41, 5.74) is 3.37. The van der Waals surface area contributed by atoms with E-state index in [-0.39, 0.29) is 11.9 Å². The summed E-state index contributed by atoms with van der Waals surface area (Å²) < 4.78 is 19.3. The zero-order chi connectivity index (χ0) is 22.8. The molecule has 2 aromatic carbocycles. The van der Waals surface area contributed by atoms with Crippen LogP contribution in [-0.4, -0.2) is 26.7 Å². The molecule has 1 aromatic heterocycles. The highest BCUT2D eigenvalue weighted by Crippen LogP contribution is 2.37. The van der Waals surface area contributed by atoms with Gasteiger partial charge in [-0.05, 0) is 61.3 Å². The average Bonchev–Trinajstić information content (AvgIpc) is 3.23. The molecule has 0 fully saturated rings. The van der Waals surface area contributed by atoms with Gasteiger partial charge in [-0.25, -0.2) is 4.39 Å². The van der Waals surface area contributed by atoms with Gasteiger partial charge in [0.25, 0.3) is 5.89 Å². The molecule has 0 saturated heterocycles. The minimum Gasteiger partial charge on any atom is -0.351 e. The summed E-state index contributed by atoms with van der Waals surface area (Å²) >= 11 is 11.8. The number of thiocarbonyl (C=S) groups is 1. The van der Waals surface area contributed by atoms with Crippen LogP contribution in [0.4, 0.5) is 4.39 Å². The zero-order valence-corrected chi connectivity index (χ0v) is 19.7. The molecule has 0 radical (unpaired) electrons. The number of aromatic nitrogens is 2. The van der Waals surface area contributed by atoms with Crippen LogP contribution in [0.15, 0.2) is 58.8 Å². The van der Waals surface area contributed by atoms with E-state index in [1.54, 1.807) is 24.3 Å². The summed E-state index contributed by atoms with van der Waals surface area (Å²) in [5.74, 6) is 1.06. The molecule has 1 N–H and O–H groups in total. The molecule has 1 aliphatic heterocycles. The summed E-state index contributed by atoms with van der Waals surface area (Å²) in [4.78, 5) is 6.73. The van der Waals surface area contributed by atoms with Gasteiger partial charge >= 0.3 is 0 Å². The average molecular weight is 471 g/mol. The van der Waals surface area contributed by atoms with E-state index in [1.807, 2.05) is 19.1 Å². The molecule has 1 unspecified atom stereocenters. The summed E-state index contributed by atoms with van der Waals surface area (Å²) in [6.07, 6.45) is 0.977. The maximum Gasteiger partial charge on any atom is 0.258 e. The van der Waals surface area contributed by atoms with Gasteiger partial charge in [-0.1, -0.05) is 54.9 Å². The second-order valence-electron chi connectivity index (χ2n) is 8.20. The molecule has 5 nitrogen and oxygen atoms in total. The highest BCUT2D eigenvalue weighted by atomic mass is 35.5. The molecule has 0 bridgehead atoms. The van der Waals surface area contributed by atoms with Crippen LogP contribution in [0, 0.1) is 11.7 Å². The van der Waals surface area contributed by atoms with E-state index < -0.39 is 0 Å². The van der Waals surface area contributed by atoms with E-state index in [0.717, 1.165) is 35.4 Å². The van der Waals surface area contributed by atoms with Crippen LogP contribution in [-0.2, 0) is 0 Å². The van der Waals surface area contributed by atoms with Gasteiger partial charge in [0, 0.05) is 22.8 Å².